The molecular formula is C18H22N4O2S. The molecule has 1 aliphatic heterocycles. The maximum absolute atomic E-state index is 12.5. The Kier molecular flexibility index (Phi) is 5.75. The Morgan fingerprint density at radius 1 is 1.28 bits per heavy atom. The summed E-state index contributed by atoms with van der Waals surface area (Å²) in [6.07, 6.45) is 5.67. The molecule has 0 saturated carbocycles. The van der Waals surface area contributed by atoms with Gasteiger partial charge in [0.05, 0.1) is 6.42 Å². The summed E-state index contributed by atoms with van der Waals surface area (Å²) in [5.74, 6) is 0.131. The molecule has 0 spiro atoms. The first-order valence-electron chi connectivity index (χ1n) is 8.52. The second-order valence-electron chi connectivity index (χ2n) is 6.40. The van der Waals surface area contributed by atoms with Crippen LogP contribution in [-0.2, 0) is 17.6 Å². The highest BCUT2D eigenvalue weighted by atomic mass is 32.1. The smallest absolute Gasteiger partial charge is 0.267 e. The summed E-state index contributed by atoms with van der Waals surface area (Å²) in [7, 11) is 0. The summed E-state index contributed by atoms with van der Waals surface area (Å²) in [6, 6.07) is 5.66. The Morgan fingerprint density at radius 3 is 2.92 bits per heavy atom. The van der Waals surface area contributed by atoms with Crippen molar-refractivity contribution < 1.29 is 9.59 Å². The molecular weight excluding hydrogens is 336 g/mol. The fourth-order valence-corrected chi connectivity index (χ4v) is 3.93. The van der Waals surface area contributed by atoms with Gasteiger partial charge in [0, 0.05) is 23.7 Å². The predicted octanol–water partition coefficient (Wildman–Crippen LogP) is 2.05. The number of primary amides is 1. The molecule has 2 aromatic heterocycles. The normalized spacial score (nSPS) is 17.9. The molecule has 2 aromatic rings. The monoisotopic (exact) mass is 358 g/mol. The number of carbonyl (C=O) groups excluding carboxylic acids is 2. The van der Waals surface area contributed by atoms with Crippen LogP contribution < -0.4 is 5.73 Å². The van der Waals surface area contributed by atoms with Crippen molar-refractivity contribution in [3.05, 3.63) is 46.2 Å². The van der Waals surface area contributed by atoms with E-state index in [9.17, 15) is 9.59 Å². The first-order valence-corrected chi connectivity index (χ1v) is 9.40. The number of likely N-dealkylation sites (tertiary alicyclic amines) is 1. The van der Waals surface area contributed by atoms with Crippen molar-refractivity contribution in [1.29, 1.82) is 0 Å². The zero-order valence-electron chi connectivity index (χ0n) is 14.1. The van der Waals surface area contributed by atoms with E-state index in [1.807, 2.05) is 22.4 Å². The summed E-state index contributed by atoms with van der Waals surface area (Å²) < 4.78 is 0. The zero-order chi connectivity index (χ0) is 17.6. The highest BCUT2D eigenvalue weighted by Crippen LogP contribution is 2.22. The molecule has 7 heteroatoms. The summed E-state index contributed by atoms with van der Waals surface area (Å²) in [6.45, 7) is 1.60. The molecule has 0 bridgehead atoms. The summed E-state index contributed by atoms with van der Waals surface area (Å²) >= 11 is 1.63. The van der Waals surface area contributed by atoms with Gasteiger partial charge in [-0.3, -0.25) is 9.59 Å². The van der Waals surface area contributed by atoms with Crippen LogP contribution in [0.4, 0.5) is 0 Å². The van der Waals surface area contributed by atoms with Crippen LogP contribution in [0.1, 0.15) is 40.3 Å². The Balaban J connectivity index is 1.55. The van der Waals surface area contributed by atoms with E-state index in [0.717, 1.165) is 49.3 Å². The van der Waals surface area contributed by atoms with E-state index in [1.54, 1.807) is 17.4 Å². The first-order chi connectivity index (χ1) is 12.1. The van der Waals surface area contributed by atoms with Crippen LogP contribution in [0, 0.1) is 5.92 Å². The second kappa shape index (κ2) is 8.20. The van der Waals surface area contributed by atoms with Crippen LogP contribution >= 0.6 is 11.3 Å². The maximum atomic E-state index is 12.5. The lowest BCUT2D eigenvalue weighted by molar-refractivity contribution is -0.130. The van der Waals surface area contributed by atoms with Crippen molar-refractivity contribution in [3.8, 4) is 0 Å². The van der Waals surface area contributed by atoms with Crippen LogP contribution in [0.5, 0.6) is 0 Å². The van der Waals surface area contributed by atoms with Crippen molar-refractivity contribution >= 4 is 23.2 Å². The molecule has 3 heterocycles. The van der Waals surface area contributed by atoms with Gasteiger partial charge in [-0.1, -0.05) is 6.07 Å². The van der Waals surface area contributed by atoms with Gasteiger partial charge < -0.3 is 10.6 Å². The van der Waals surface area contributed by atoms with E-state index in [-0.39, 0.29) is 11.6 Å². The van der Waals surface area contributed by atoms with Gasteiger partial charge >= 0.3 is 0 Å². The largest absolute Gasteiger partial charge is 0.364 e. The third-order valence-electron chi connectivity index (χ3n) is 4.58. The molecule has 25 heavy (non-hydrogen) atoms. The number of hydrogen-bond acceptors (Lipinski definition) is 5. The van der Waals surface area contributed by atoms with Crippen LogP contribution in [0.25, 0.3) is 0 Å². The quantitative estimate of drug-likeness (QED) is 0.886. The van der Waals surface area contributed by atoms with E-state index < -0.39 is 5.91 Å². The van der Waals surface area contributed by atoms with Gasteiger partial charge in [0.1, 0.15) is 12.0 Å². The van der Waals surface area contributed by atoms with E-state index in [2.05, 4.69) is 9.97 Å². The van der Waals surface area contributed by atoms with Crippen LogP contribution in [0.15, 0.2) is 29.9 Å². The van der Waals surface area contributed by atoms with Crippen molar-refractivity contribution in [1.82, 2.24) is 14.9 Å². The third-order valence-corrected chi connectivity index (χ3v) is 5.46. The average molecular weight is 358 g/mol. The van der Waals surface area contributed by atoms with Gasteiger partial charge in [-0.15, -0.1) is 11.3 Å². The molecule has 1 fully saturated rings. The van der Waals surface area contributed by atoms with Gasteiger partial charge in [0.25, 0.3) is 5.91 Å². The lowest BCUT2D eigenvalue weighted by Gasteiger charge is -2.20. The van der Waals surface area contributed by atoms with Gasteiger partial charge in [-0.25, -0.2) is 9.97 Å². The highest BCUT2D eigenvalue weighted by molar-refractivity contribution is 7.10. The van der Waals surface area contributed by atoms with E-state index in [1.165, 1.54) is 6.33 Å². The van der Waals surface area contributed by atoms with Gasteiger partial charge in [-0.05, 0) is 49.1 Å². The molecule has 0 aliphatic carbocycles. The number of thiophene rings is 1. The fraction of sp³-hybridized carbons (Fsp3) is 0.444. The van der Waals surface area contributed by atoms with E-state index in [0.29, 0.717) is 12.3 Å². The van der Waals surface area contributed by atoms with E-state index >= 15 is 0 Å². The third kappa shape index (κ3) is 4.85. The molecule has 1 aliphatic rings. The van der Waals surface area contributed by atoms with E-state index in [4.69, 9.17) is 5.73 Å². The minimum atomic E-state index is -0.533. The summed E-state index contributed by atoms with van der Waals surface area (Å²) in [5.41, 5.74) is 6.37. The average Bonchev–Trinajstić information content (AvgIpc) is 2.99. The number of nitrogens with zero attached hydrogens (tertiary/aromatic N) is 3. The molecule has 0 unspecified atom stereocenters. The van der Waals surface area contributed by atoms with Crippen LogP contribution in [-0.4, -0.2) is 39.8 Å². The number of aromatic nitrogens is 2. The predicted molar refractivity (Wildman–Crippen MR) is 96.2 cm³/mol. The Bertz CT molecular complexity index is 732. The standard InChI is InChI=1S/C18H22N4O2S/c19-18(24)16-10-14(20-12-21-16)9-13-3-1-6-22(7-5-13)17(23)11-15-4-2-8-25-15/h2,4,8,10,12-13H,1,3,5-7,9,11H2,(H2,19,24)/t13-/m0/s1. The first kappa shape index (κ1) is 17.5. The Morgan fingerprint density at radius 2 is 2.16 bits per heavy atom. The molecule has 6 nitrogen and oxygen atoms in total. The molecule has 1 saturated heterocycles. The molecule has 1 atom stereocenters. The Labute approximate surface area is 151 Å². The van der Waals surface area contributed by atoms with Gasteiger partial charge in [0.2, 0.25) is 5.91 Å². The van der Waals surface area contributed by atoms with Crippen molar-refractivity contribution in [2.75, 3.05) is 13.1 Å². The maximum Gasteiger partial charge on any atom is 0.267 e. The lowest BCUT2D eigenvalue weighted by atomic mass is 9.95. The van der Waals surface area contributed by atoms with Crippen LogP contribution in [0.2, 0.25) is 0 Å². The number of rotatable bonds is 5. The summed E-state index contributed by atoms with van der Waals surface area (Å²) in [4.78, 5) is 34.9. The molecule has 3 rings (SSSR count). The van der Waals surface area contributed by atoms with Gasteiger partial charge in [0.15, 0.2) is 0 Å². The minimum Gasteiger partial charge on any atom is -0.364 e. The molecule has 132 valence electrons. The van der Waals surface area contributed by atoms with Crippen molar-refractivity contribution in [2.24, 2.45) is 11.7 Å². The second-order valence-corrected chi connectivity index (χ2v) is 7.43. The lowest BCUT2D eigenvalue weighted by Crippen LogP contribution is -2.33. The van der Waals surface area contributed by atoms with Crippen molar-refractivity contribution in [2.45, 2.75) is 32.1 Å². The molecule has 2 amide bonds. The topological polar surface area (TPSA) is 89.2 Å². The number of amides is 2. The zero-order valence-corrected chi connectivity index (χ0v) is 14.9. The number of carbonyl (C=O) groups is 2. The number of hydrogen-bond donors (Lipinski definition) is 1. The SMILES string of the molecule is NC(=O)c1cc(C[C@H]2CCCN(C(=O)Cc3cccs3)CC2)ncn1. The highest BCUT2D eigenvalue weighted by Gasteiger charge is 2.21. The number of nitrogens with two attached hydrogens (primary N) is 1. The fourth-order valence-electron chi connectivity index (χ4n) is 3.23. The van der Waals surface area contributed by atoms with Crippen LogP contribution in [0.3, 0.4) is 0 Å². The minimum absolute atomic E-state index is 0.209. The summed E-state index contributed by atoms with van der Waals surface area (Å²) in [5, 5.41) is 2.00. The molecule has 0 radical (unpaired) electrons. The van der Waals surface area contributed by atoms with Crippen molar-refractivity contribution in [3.63, 3.8) is 0 Å². The molecule has 2 N–H and O–H groups in total. The molecule has 0 aromatic carbocycles. The van der Waals surface area contributed by atoms with Gasteiger partial charge in [-0.2, -0.15) is 0 Å². The Hall–Kier alpha value is -2.28.